The summed E-state index contributed by atoms with van der Waals surface area (Å²) >= 11 is 0. The first-order chi connectivity index (χ1) is 14.5. The number of ether oxygens (including phenoxy) is 2. The van der Waals surface area contributed by atoms with Crippen LogP contribution in [0.4, 0.5) is 13.2 Å². The molecule has 32 heavy (non-hydrogen) atoms. The van der Waals surface area contributed by atoms with E-state index in [0.29, 0.717) is 5.56 Å². The summed E-state index contributed by atoms with van der Waals surface area (Å²) in [5.41, 5.74) is -1.87. The highest BCUT2D eigenvalue weighted by atomic mass is 19.4. The number of benzene rings is 1. The number of hydrogen-bond acceptors (Lipinski definition) is 6. The van der Waals surface area contributed by atoms with E-state index in [-0.39, 0.29) is 6.42 Å². The van der Waals surface area contributed by atoms with Crippen LogP contribution in [0.25, 0.3) is 0 Å². The minimum absolute atomic E-state index is 0.317. The van der Waals surface area contributed by atoms with E-state index in [4.69, 9.17) is 4.74 Å². The number of nitrogens with zero attached hydrogens (tertiary/aromatic N) is 1. The van der Waals surface area contributed by atoms with Gasteiger partial charge in [0.1, 0.15) is 11.7 Å². The Morgan fingerprint density at radius 3 is 2.00 bits per heavy atom. The summed E-state index contributed by atoms with van der Waals surface area (Å²) < 4.78 is 47.6. The third-order valence-electron chi connectivity index (χ3n) is 4.19. The van der Waals surface area contributed by atoms with Crippen LogP contribution in [0, 0.1) is 24.2 Å². The van der Waals surface area contributed by atoms with E-state index in [1.54, 1.807) is 51.1 Å². The van der Waals surface area contributed by atoms with Crippen LogP contribution in [0.3, 0.4) is 0 Å². The lowest BCUT2D eigenvalue weighted by molar-refractivity contribution is -0.207. The number of nitriles is 1. The fourth-order valence-electron chi connectivity index (χ4n) is 2.61. The maximum absolute atomic E-state index is 12.9. The maximum Gasteiger partial charge on any atom is 0.490 e. The van der Waals surface area contributed by atoms with E-state index >= 15 is 0 Å². The molecule has 2 atom stereocenters. The number of aryl methyl sites for hydroxylation is 1. The van der Waals surface area contributed by atoms with Gasteiger partial charge in [-0.1, -0.05) is 43.7 Å². The quantitative estimate of drug-likeness (QED) is 0.631. The van der Waals surface area contributed by atoms with Gasteiger partial charge in [0.15, 0.2) is 6.10 Å². The van der Waals surface area contributed by atoms with Gasteiger partial charge < -0.3 is 14.8 Å². The highest BCUT2D eigenvalue weighted by molar-refractivity contribution is 5.94. The van der Waals surface area contributed by atoms with E-state index in [1.165, 1.54) is 13.8 Å². The number of carbonyl (C=O) groups excluding carboxylic acids is 3. The van der Waals surface area contributed by atoms with Gasteiger partial charge in [-0.25, -0.2) is 9.59 Å². The van der Waals surface area contributed by atoms with Gasteiger partial charge >= 0.3 is 18.1 Å². The van der Waals surface area contributed by atoms with Crippen molar-refractivity contribution in [3.8, 4) is 6.07 Å². The van der Waals surface area contributed by atoms with E-state index < -0.39 is 47.2 Å². The fraction of sp³-hybridized carbons (Fsp3) is 0.545. The number of hydrogen-bond donors (Lipinski definition) is 1. The molecule has 0 aliphatic carbocycles. The largest absolute Gasteiger partial charge is 0.490 e. The monoisotopic (exact) mass is 456 g/mol. The fourth-order valence-corrected chi connectivity index (χ4v) is 2.61. The maximum atomic E-state index is 12.9. The predicted octanol–water partition coefficient (Wildman–Crippen LogP) is 3.39. The molecule has 1 N–H and O–H groups in total. The summed E-state index contributed by atoms with van der Waals surface area (Å²) in [4.78, 5) is 37.0. The van der Waals surface area contributed by atoms with E-state index in [9.17, 15) is 32.8 Å². The van der Waals surface area contributed by atoms with Crippen LogP contribution in [-0.2, 0) is 30.3 Å². The van der Waals surface area contributed by atoms with Gasteiger partial charge in [0.05, 0.1) is 0 Å². The van der Waals surface area contributed by atoms with Crippen LogP contribution >= 0.6 is 0 Å². The van der Waals surface area contributed by atoms with Crippen molar-refractivity contribution in [3.05, 3.63) is 35.4 Å². The lowest BCUT2D eigenvalue weighted by Crippen LogP contribution is -2.60. The molecule has 7 nitrogen and oxygen atoms in total. The number of esters is 2. The molecule has 0 aliphatic heterocycles. The smallest absolute Gasteiger partial charge is 0.457 e. The Bertz CT molecular complexity index is 883. The summed E-state index contributed by atoms with van der Waals surface area (Å²) in [5, 5.41) is 12.1. The SMILES string of the molecule is Cc1ccc(CC(C#N)(NC(=O)C(OC(=O)C(F)(F)F)C(C)C)C(=O)OC(C)(C)C)cc1. The molecule has 10 heteroatoms. The number of carbonyl (C=O) groups is 3. The standard InChI is InChI=1S/C22H27F3N2O5/c1-13(2)16(31-19(30)22(23,24)25)17(28)27-21(12-26,18(29)32-20(4,5)6)11-15-9-7-14(3)8-10-15/h7-10,13,16H,11H2,1-6H3,(H,27,28). The Kier molecular flexibility index (Phi) is 8.44. The average molecular weight is 456 g/mol. The van der Waals surface area contributed by atoms with E-state index in [2.05, 4.69) is 10.1 Å². The van der Waals surface area contributed by atoms with Gasteiger partial charge in [-0.3, -0.25) is 4.79 Å². The van der Waals surface area contributed by atoms with Crippen molar-refractivity contribution in [2.75, 3.05) is 0 Å². The van der Waals surface area contributed by atoms with Gasteiger partial charge in [-0.2, -0.15) is 18.4 Å². The molecule has 0 saturated carbocycles. The molecule has 0 radical (unpaired) electrons. The summed E-state index contributed by atoms with van der Waals surface area (Å²) in [6.45, 7) is 9.22. The third kappa shape index (κ3) is 7.55. The van der Waals surface area contributed by atoms with Gasteiger partial charge in [0.25, 0.3) is 5.91 Å². The minimum atomic E-state index is -5.31. The second-order valence-electron chi connectivity index (χ2n) is 8.74. The molecule has 0 spiro atoms. The minimum Gasteiger partial charge on any atom is -0.457 e. The molecule has 0 aromatic heterocycles. The summed E-state index contributed by atoms with van der Waals surface area (Å²) in [7, 11) is 0. The number of amides is 1. The second-order valence-corrected chi connectivity index (χ2v) is 8.74. The Hall–Kier alpha value is -3.09. The van der Waals surface area contributed by atoms with Crippen molar-refractivity contribution in [2.24, 2.45) is 5.92 Å². The zero-order valence-electron chi connectivity index (χ0n) is 18.8. The lowest BCUT2D eigenvalue weighted by Gasteiger charge is -2.32. The predicted molar refractivity (Wildman–Crippen MR) is 108 cm³/mol. The molecule has 1 aromatic rings. The van der Waals surface area contributed by atoms with Gasteiger partial charge in [-0.15, -0.1) is 0 Å². The number of halogens is 3. The molecule has 1 amide bonds. The van der Waals surface area contributed by atoms with Gasteiger partial charge in [-0.05, 0) is 39.2 Å². The van der Waals surface area contributed by atoms with Crippen molar-refractivity contribution in [1.29, 1.82) is 5.26 Å². The molecule has 1 rings (SSSR count). The van der Waals surface area contributed by atoms with Crippen molar-refractivity contribution in [1.82, 2.24) is 5.32 Å². The zero-order chi connectivity index (χ0) is 24.9. The number of alkyl halides is 3. The molecule has 0 fully saturated rings. The first-order valence-electron chi connectivity index (χ1n) is 9.81. The van der Waals surface area contributed by atoms with Crippen molar-refractivity contribution < 1.29 is 37.0 Å². The van der Waals surface area contributed by atoms with Crippen LogP contribution in [-0.4, -0.2) is 41.3 Å². The number of rotatable bonds is 7. The first-order valence-corrected chi connectivity index (χ1v) is 9.81. The summed E-state index contributed by atoms with van der Waals surface area (Å²) in [5.74, 6) is -5.75. The topological polar surface area (TPSA) is 105 Å². The van der Waals surface area contributed by atoms with Gasteiger partial charge in [0, 0.05) is 6.42 Å². The van der Waals surface area contributed by atoms with Crippen LogP contribution in [0.15, 0.2) is 24.3 Å². The molecule has 176 valence electrons. The molecular weight excluding hydrogens is 429 g/mol. The Morgan fingerprint density at radius 2 is 1.59 bits per heavy atom. The molecule has 2 unspecified atom stereocenters. The van der Waals surface area contributed by atoms with Crippen LogP contribution < -0.4 is 5.32 Å². The molecular formula is C22H27F3N2O5. The highest BCUT2D eigenvalue weighted by Crippen LogP contribution is 2.23. The van der Waals surface area contributed by atoms with E-state index in [0.717, 1.165) is 5.56 Å². The zero-order valence-corrected chi connectivity index (χ0v) is 18.8. The first kappa shape index (κ1) is 26.9. The molecule has 0 aliphatic rings. The van der Waals surface area contributed by atoms with E-state index in [1.807, 2.05) is 6.92 Å². The van der Waals surface area contributed by atoms with Crippen molar-refractivity contribution in [3.63, 3.8) is 0 Å². The summed E-state index contributed by atoms with van der Waals surface area (Å²) in [6.07, 6.45) is -7.52. The van der Waals surface area contributed by atoms with Crippen LogP contribution in [0.1, 0.15) is 45.7 Å². The van der Waals surface area contributed by atoms with Crippen molar-refractivity contribution in [2.45, 2.75) is 71.4 Å². The highest BCUT2D eigenvalue weighted by Gasteiger charge is 2.48. The second kappa shape index (κ2) is 10.0. The summed E-state index contributed by atoms with van der Waals surface area (Å²) in [6, 6.07) is 8.49. The Morgan fingerprint density at radius 1 is 1.06 bits per heavy atom. The number of nitrogens with one attached hydrogen (secondary N) is 1. The normalized spacial score (nSPS) is 14.7. The molecule has 0 saturated heterocycles. The van der Waals surface area contributed by atoms with Crippen molar-refractivity contribution >= 4 is 17.8 Å². The average Bonchev–Trinajstić information content (AvgIpc) is 2.64. The lowest BCUT2D eigenvalue weighted by atomic mass is 9.90. The van der Waals surface area contributed by atoms with Crippen LogP contribution in [0.5, 0.6) is 0 Å². The Labute approximate surface area is 184 Å². The molecule has 0 heterocycles. The molecule has 1 aromatic carbocycles. The molecule has 0 bridgehead atoms. The Balaban J connectivity index is 3.34. The third-order valence-corrected chi connectivity index (χ3v) is 4.19. The van der Waals surface area contributed by atoms with Gasteiger partial charge in [0.2, 0.25) is 5.54 Å². The van der Waals surface area contributed by atoms with Crippen LogP contribution in [0.2, 0.25) is 0 Å².